The SMILES string of the molecule is Cc1cccc(N)c1C(=O)NC1CCCCCC1. The van der Waals surface area contributed by atoms with Gasteiger partial charge in [0.25, 0.3) is 5.91 Å². The fourth-order valence-corrected chi connectivity index (χ4v) is 2.68. The Morgan fingerprint density at radius 1 is 1.22 bits per heavy atom. The van der Waals surface area contributed by atoms with E-state index in [0.717, 1.165) is 18.4 Å². The Morgan fingerprint density at radius 3 is 2.50 bits per heavy atom. The van der Waals surface area contributed by atoms with Crippen molar-refractivity contribution in [3.05, 3.63) is 29.3 Å². The Balaban J connectivity index is 2.07. The third-order valence-corrected chi connectivity index (χ3v) is 3.72. The van der Waals surface area contributed by atoms with Crippen LogP contribution in [0.15, 0.2) is 18.2 Å². The van der Waals surface area contributed by atoms with Crippen LogP contribution in [0.2, 0.25) is 0 Å². The average Bonchev–Trinajstić information content (AvgIpc) is 2.57. The lowest BCUT2D eigenvalue weighted by molar-refractivity contribution is 0.0933. The van der Waals surface area contributed by atoms with Gasteiger partial charge in [0.2, 0.25) is 0 Å². The van der Waals surface area contributed by atoms with E-state index < -0.39 is 0 Å². The van der Waals surface area contributed by atoms with E-state index in [1.54, 1.807) is 6.07 Å². The molecule has 1 aliphatic carbocycles. The number of rotatable bonds is 2. The summed E-state index contributed by atoms with van der Waals surface area (Å²) in [6.45, 7) is 1.93. The van der Waals surface area contributed by atoms with Gasteiger partial charge in [0.1, 0.15) is 0 Å². The van der Waals surface area contributed by atoms with Crippen LogP contribution in [0.5, 0.6) is 0 Å². The fraction of sp³-hybridized carbons (Fsp3) is 0.533. The molecule has 1 amide bonds. The summed E-state index contributed by atoms with van der Waals surface area (Å²) >= 11 is 0. The summed E-state index contributed by atoms with van der Waals surface area (Å²) in [5, 5.41) is 3.14. The average molecular weight is 246 g/mol. The molecule has 0 saturated heterocycles. The number of carbonyl (C=O) groups is 1. The summed E-state index contributed by atoms with van der Waals surface area (Å²) < 4.78 is 0. The number of nitrogens with one attached hydrogen (secondary N) is 1. The zero-order valence-corrected chi connectivity index (χ0v) is 11.0. The van der Waals surface area contributed by atoms with Crippen LogP contribution in [-0.4, -0.2) is 11.9 Å². The number of hydrogen-bond donors (Lipinski definition) is 2. The lowest BCUT2D eigenvalue weighted by Gasteiger charge is -2.17. The van der Waals surface area contributed by atoms with Crippen LogP contribution in [0.25, 0.3) is 0 Å². The molecule has 0 bridgehead atoms. The molecule has 0 spiro atoms. The highest BCUT2D eigenvalue weighted by Gasteiger charge is 2.18. The number of nitrogen functional groups attached to an aromatic ring is 1. The predicted molar refractivity (Wildman–Crippen MR) is 74.5 cm³/mol. The van der Waals surface area contributed by atoms with E-state index in [4.69, 9.17) is 5.73 Å². The van der Waals surface area contributed by atoms with E-state index >= 15 is 0 Å². The molecule has 1 aromatic rings. The lowest BCUT2D eigenvalue weighted by Crippen LogP contribution is -2.35. The maximum absolute atomic E-state index is 12.3. The first-order valence-corrected chi connectivity index (χ1v) is 6.84. The molecule has 18 heavy (non-hydrogen) atoms. The zero-order chi connectivity index (χ0) is 13.0. The van der Waals surface area contributed by atoms with Crippen molar-refractivity contribution in [1.29, 1.82) is 0 Å². The second-order valence-electron chi connectivity index (χ2n) is 5.20. The van der Waals surface area contributed by atoms with Crippen molar-refractivity contribution in [2.24, 2.45) is 0 Å². The van der Waals surface area contributed by atoms with Crippen LogP contribution < -0.4 is 11.1 Å². The van der Waals surface area contributed by atoms with Crippen molar-refractivity contribution in [3.8, 4) is 0 Å². The molecule has 98 valence electrons. The van der Waals surface area contributed by atoms with Gasteiger partial charge in [-0.05, 0) is 31.4 Å². The van der Waals surface area contributed by atoms with Crippen molar-refractivity contribution in [3.63, 3.8) is 0 Å². The Kier molecular flexibility index (Phi) is 4.24. The molecule has 1 saturated carbocycles. The van der Waals surface area contributed by atoms with Gasteiger partial charge in [-0.25, -0.2) is 0 Å². The van der Waals surface area contributed by atoms with Crippen LogP contribution in [0.3, 0.4) is 0 Å². The van der Waals surface area contributed by atoms with Gasteiger partial charge in [0.15, 0.2) is 0 Å². The number of nitrogens with two attached hydrogens (primary N) is 1. The molecule has 1 fully saturated rings. The van der Waals surface area contributed by atoms with E-state index in [1.807, 2.05) is 19.1 Å². The van der Waals surface area contributed by atoms with E-state index in [1.165, 1.54) is 25.7 Å². The number of carbonyl (C=O) groups excluding carboxylic acids is 1. The van der Waals surface area contributed by atoms with E-state index in [0.29, 0.717) is 17.3 Å². The van der Waals surface area contributed by atoms with Crippen LogP contribution in [0, 0.1) is 6.92 Å². The van der Waals surface area contributed by atoms with Gasteiger partial charge in [0.05, 0.1) is 5.56 Å². The number of hydrogen-bond acceptors (Lipinski definition) is 2. The maximum atomic E-state index is 12.3. The van der Waals surface area contributed by atoms with Crippen molar-refractivity contribution in [2.45, 2.75) is 51.5 Å². The van der Waals surface area contributed by atoms with Crippen LogP contribution in [0.4, 0.5) is 5.69 Å². The highest BCUT2D eigenvalue weighted by atomic mass is 16.1. The minimum absolute atomic E-state index is 0.0162. The van der Waals surface area contributed by atoms with Gasteiger partial charge >= 0.3 is 0 Å². The summed E-state index contributed by atoms with van der Waals surface area (Å²) in [7, 11) is 0. The quantitative estimate of drug-likeness (QED) is 0.622. The molecule has 3 heteroatoms. The van der Waals surface area contributed by atoms with Gasteiger partial charge < -0.3 is 11.1 Å². The summed E-state index contributed by atoms with van der Waals surface area (Å²) in [5.74, 6) is -0.0162. The Labute approximate surface area is 109 Å². The van der Waals surface area contributed by atoms with Crippen LogP contribution >= 0.6 is 0 Å². The van der Waals surface area contributed by atoms with E-state index in [9.17, 15) is 4.79 Å². The van der Waals surface area contributed by atoms with E-state index in [2.05, 4.69) is 5.32 Å². The van der Waals surface area contributed by atoms with Crippen molar-refractivity contribution >= 4 is 11.6 Å². The van der Waals surface area contributed by atoms with Gasteiger partial charge in [-0.1, -0.05) is 37.8 Å². The Morgan fingerprint density at radius 2 is 1.89 bits per heavy atom. The largest absolute Gasteiger partial charge is 0.398 e. The maximum Gasteiger partial charge on any atom is 0.253 e. The minimum atomic E-state index is -0.0162. The van der Waals surface area contributed by atoms with Gasteiger partial charge in [-0.2, -0.15) is 0 Å². The standard InChI is InChI=1S/C15H22N2O/c1-11-7-6-10-13(16)14(11)15(18)17-12-8-4-2-3-5-9-12/h6-7,10,12H,2-5,8-9,16H2,1H3,(H,17,18). The van der Waals surface area contributed by atoms with Gasteiger partial charge in [-0.3, -0.25) is 4.79 Å². The number of benzene rings is 1. The molecule has 1 aromatic carbocycles. The zero-order valence-electron chi connectivity index (χ0n) is 11.0. The highest BCUT2D eigenvalue weighted by molar-refractivity contribution is 6.00. The molecule has 0 unspecified atom stereocenters. The van der Waals surface area contributed by atoms with Crippen LogP contribution in [-0.2, 0) is 0 Å². The monoisotopic (exact) mass is 246 g/mol. The molecule has 0 atom stereocenters. The van der Waals surface area contributed by atoms with Crippen molar-refractivity contribution in [1.82, 2.24) is 5.32 Å². The second-order valence-corrected chi connectivity index (χ2v) is 5.20. The molecule has 2 rings (SSSR count). The number of aryl methyl sites for hydroxylation is 1. The molecule has 0 aromatic heterocycles. The molecule has 1 aliphatic rings. The first-order chi connectivity index (χ1) is 8.68. The molecular weight excluding hydrogens is 224 g/mol. The molecule has 0 heterocycles. The summed E-state index contributed by atoms with van der Waals surface area (Å²) in [4.78, 5) is 12.3. The number of amides is 1. The summed E-state index contributed by atoms with van der Waals surface area (Å²) in [5.41, 5.74) is 8.05. The molecule has 0 radical (unpaired) electrons. The third-order valence-electron chi connectivity index (χ3n) is 3.72. The fourth-order valence-electron chi connectivity index (χ4n) is 2.68. The van der Waals surface area contributed by atoms with Crippen LogP contribution in [0.1, 0.15) is 54.4 Å². The van der Waals surface area contributed by atoms with Crippen molar-refractivity contribution in [2.75, 3.05) is 5.73 Å². The van der Waals surface area contributed by atoms with Gasteiger partial charge in [-0.15, -0.1) is 0 Å². The first-order valence-electron chi connectivity index (χ1n) is 6.84. The van der Waals surface area contributed by atoms with Crippen molar-refractivity contribution < 1.29 is 4.79 Å². The Hall–Kier alpha value is -1.51. The summed E-state index contributed by atoms with van der Waals surface area (Å²) in [6.07, 6.45) is 7.20. The molecule has 3 N–H and O–H groups in total. The predicted octanol–water partition coefficient (Wildman–Crippen LogP) is 3.03. The number of anilines is 1. The van der Waals surface area contributed by atoms with E-state index in [-0.39, 0.29) is 5.91 Å². The highest BCUT2D eigenvalue weighted by Crippen LogP contribution is 2.20. The Bertz CT molecular complexity index is 400. The normalized spacial score (nSPS) is 17.2. The smallest absolute Gasteiger partial charge is 0.253 e. The third kappa shape index (κ3) is 3.03. The lowest BCUT2D eigenvalue weighted by atomic mass is 10.0. The first kappa shape index (κ1) is 12.9. The second kappa shape index (κ2) is 5.89. The molecule has 0 aliphatic heterocycles. The van der Waals surface area contributed by atoms with Gasteiger partial charge in [0, 0.05) is 11.7 Å². The topological polar surface area (TPSA) is 55.1 Å². The summed E-state index contributed by atoms with van der Waals surface area (Å²) in [6, 6.07) is 5.92. The molecular formula is C15H22N2O. The molecule has 3 nitrogen and oxygen atoms in total. The minimum Gasteiger partial charge on any atom is -0.398 e.